The quantitative estimate of drug-likeness (QED) is 0.510. The number of guanidine groups is 1. The number of nitrogens with zero attached hydrogens (tertiary/aromatic N) is 2. The lowest BCUT2D eigenvalue weighted by atomic mass is 10.1. The Morgan fingerprint density at radius 1 is 1.21 bits per heavy atom. The Morgan fingerprint density at radius 3 is 2.46 bits per heavy atom. The Morgan fingerprint density at radius 2 is 1.88 bits per heavy atom. The van der Waals surface area contributed by atoms with E-state index in [0.29, 0.717) is 32.1 Å². The van der Waals surface area contributed by atoms with Gasteiger partial charge in [0.15, 0.2) is 5.96 Å². The molecule has 0 fully saturated rings. The van der Waals surface area contributed by atoms with Crippen LogP contribution in [0.2, 0.25) is 5.02 Å². The maximum absolute atomic E-state index is 12.1. The first-order valence-electron chi connectivity index (χ1n) is 8.09. The first kappa shape index (κ1) is 20.7. The van der Waals surface area contributed by atoms with Gasteiger partial charge in [-0.25, -0.2) is 12.7 Å². The Bertz CT molecular complexity index is 631. The average molecular weight is 375 g/mol. The predicted molar refractivity (Wildman–Crippen MR) is 101 cm³/mol. The molecule has 0 aromatic heterocycles. The molecule has 0 bridgehead atoms. The fourth-order valence-corrected chi connectivity index (χ4v) is 3.90. The molecule has 8 heteroatoms. The number of halogens is 1. The van der Waals surface area contributed by atoms with E-state index in [-0.39, 0.29) is 5.75 Å². The monoisotopic (exact) mass is 374 g/mol. The van der Waals surface area contributed by atoms with Crippen molar-refractivity contribution in [1.29, 1.82) is 0 Å². The molecule has 136 valence electrons. The van der Waals surface area contributed by atoms with Gasteiger partial charge in [0, 0.05) is 38.2 Å². The molecule has 0 saturated heterocycles. The zero-order valence-electron chi connectivity index (χ0n) is 14.5. The lowest BCUT2D eigenvalue weighted by Gasteiger charge is -2.19. The summed E-state index contributed by atoms with van der Waals surface area (Å²) < 4.78 is 25.7. The third kappa shape index (κ3) is 7.07. The van der Waals surface area contributed by atoms with Crippen LogP contribution in [0.5, 0.6) is 0 Å². The highest BCUT2D eigenvalue weighted by molar-refractivity contribution is 7.89. The van der Waals surface area contributed by atoms with Crippen molar-refractivity contribution in [3.63, 3.8) is 0 Å². The van der Waals surface area contributed by atoms with E-state index in [1.165, 1.54) is 4.31 Å². The highest BCUT2D eigenvalue weighted by Crippen LogP contribution is 2.10. The van der Waals surface area contributed by atoms with Gasteiger partial charge < -0.3 is 10.6 Å². The normalized spacial score (nSPS) is 12.5. The van der Waals surface area contributed by atoms with Crippen LogP contribution < -0.4 is 10.6 Å². The second kappa shape index (κ2) is 10.5. The van der Waals surface area contributed by atoms with Crippen LogP contribution >= 0.6 is 11.6 Å². The van der Waals surface area contributed by atoms with Gasteiger partial charge in [-0.2, -0.15) is 0 Å². The fraction of sp³-hybridized carbons (Fsp3) is 0.562. The van der Waals surface area contributed by atoms with E-state index in [0.717, 1.165) is 17.0 Å². The summed E-state index contributed by atoms with van der Waals surface area (Å²) in [6.07, 6.45) is 0.805. The third-order valence-corrected chi connectivity index (χ3v) is 5.83. The van der Waals surface area contributed by atoms with Crippen LogP contribution in [0.3, 0.4) is 0 Å². The van der Waals surface area contributed by atoms with Gasteiger partial charge in [0.05, 0.1) is 5.75 Å². The molecule has 0 heterocycles. The van der Waals surface area contributed by atoms with Gasteiger partial charge in [-0.3, -0.25) is 4.99 Å². The highest BCUT2D eigenvalue weighted by atomic mass is 35.5. The smallest absolute Gasteiger partial charge is 0.215 e. The molecular formula is C16H27ClN4O2S. The minimum atomic E-state index is -3.22. The largest absolute Gasteiger partial charge is 0.356 e. The third-order valence-electron chi connectivity index (χ3n) is 3.57. The van der Waals surface area contributed by atoms with E-state index in [4.69, 9.17) is 11.6 Å². The van der Waals surface area contributed by atoms with Gasteiger partial charge in [-0.1, -0.05) is 37.6 Å². The Balaban J connectivity index is 2.38. The van der Waals surface area contributed by atoms with Crippen molar-refractivity contribution in [2.75, 3.05) is 39.0 Å². The van der Waals surface area contributed by atoms with Gasteiger partial charge in [0.2, 0.25) is 10.0 Å². The predicted octanol–water partition coefficient (Wildman–Crippen LogP) is 1.72. The molecule has 0 atom stereocenters. The maximum Gasteiger partial charge on any atom is 0.215 e. The van der Waals surface area contributed by atoms with Crippen molar-refractivity contribution in [1.82, 2.24) is 14.9 Å². The fourth-order valence-electron chi connectivity index (χ4n) is 2.28. The van der Waals surface area contributed by atoms with E-state index in [9.17, 15) is 8.42 Å². The summed E-state index contributed by atoms with van der Waals surface area (Å²) in [6, 6.07) is 7.70. The number of hydrogen-bond acceptors (Lipinski definition) is 3. The van der Waals surface area contributed by atoms with Crippen LogP contribution in [0, 0.1) is 0 Å². The lowest BCUT2D eigenvalue weighted by Crippen LogP contribution is -2.42. The Kier molecular flexibility index (Phi) is 9.10. The summed E-state index contributed by atoms with van der Waals surface area (Å²) in [4.78, 5) is 4.10. The molecule has 0 unspecified atom stereocenters. The number of nitrogens with one attached hydrogen (secondary N) is 2. The minimum absolute atomic E-state index is 0.0453. The Labute approximate surface area is 150 Å². The number of aliphatic imine (C=N–C) groups is 1. The van der Waals surface area contributed by atoms with E-state index >= 15 is 0 Å². The maximum atomic E-state index is 12.1. The highest BCUT2D eigenvalue weighted by Gasteiger charge is 2.18. The average Bonchev–Trinajstić information content (AvgIpc) is 2.54. The van der Waals surface area contributed by atoms with Crippen molar-refractivity contribution in [2.45, 2.75) is 20.3 Å². The SMILES string of the molecule is CCN(CC)S(=O)(=O)CCNC(=NC)NCCc1cccc(Cl)c1. The molecule has 0 saturated carbocycles. The topological polar surface area (TPSA) is 73.8 Å². The molecule has 0 amide bonds. The molecule has 1 aromatic carbocycles. The van der Waals surface area contributed by atoms with Crippen LogP contribution in [0.1, 0.15) is 19.4 Å². The van der Waals surface area contributed by atoms with Crippen molar-refractivity contribution < 1.29 is 8.42 Å². The van der Waals surface area contributed by atoms with Crippen molar-refractivity contribution >= 4 is 27.6 Å². The first-order chi connectivity index (χ1) is 11.4. The molecule has 0 aliphatic heterocycles. The number of sulfonamides is 1. The standard InChI is InChI=1S/C16H27ClN4O2S/c1-4-21(5-2)24(22,23)12-11-20-16(18-3)19-10-9-14-7-6-8-15(17)13-14/h6-8,13H,4-5,9-12H2,1-3H3,(H2,18,19,20). The van der Waals surface area contributed by atoms with Crippen molar-refractivity contribution in [2.24, 2.45) is 4.99 Å². The van der Waals surface area contributed by atoms with Gasteiger partial charge in [-0.15, -0.1) is 0 Å². The van der Waals surface area contributed by atoms with Crippen molar-refractivity contribution in [3.8, 4) is 0 Å². The van der Waals surface area contributed by atoms with Crippen LogP contribution in [0.4, 0.5) is 0 Å². The molecule has 1 aromatic rings. The van der Waals surface area contributed by atoms with E-state index < -0.39 is 10.0 Å². The summed E-state index contributed by atoms with van der Waals surface area (Å²) in [5.74, 6) is 0.635. The van der Waals surface area contributed by atoms with Crippen LogP contribution in [0.15, 0.2) is 29.3 Å². The molecule has 0 aliphatic carbocycles. The summed E-state index contributed by atoms with van der Waals surface area (Å²) in [6.45, 7) is 5.66. The number of benzene rings is 1. The summed E-state index contributed by atoms with van der Waals surface area (Å²) in [7, 11) is -1.56. The summed E-state index contributed by atoms with van der Waals surface area (Å²) in [5.41, 5.74) is 1.13. The van der Waals surface area contributed by atoms with Gasteiger partial charge >= 0.3 is 0 Å². The van der Waals surface area contributed by atoms with Crippen LogP contribution in [-0.2, 0) is 16.4 Å². The number of hydrogen-bond donors (Lipinski definition) is 2. The molecule has 0 radical (unpaired) electrons. The molecule has 6 nitrogen and oxygen atoms in total. The lowest BCUT2D eigenvalue weighted by molar-refractivity contribution is 0.445. The number of rotatable bonds is 9. The van der Waals surface area contributed by atoms with E-state index in [1.807, 2.05) is 38.1 Å². The van der Waals surface area contributed by atoms with E-state index in [1.54, 1.807) is 7.05 Å². The first-order valence-corrected chi connectivity index (χ1v) is 10.1. The van der Waals surface area contributed by atoms with Gasteiger partial charge in [-0.05, 0) is 24.1 Å². The van der Waals surface area contributed by atoms with Gasteiger partial charge in [0.1, 0.15) is 0 Å². The zero-order chi connectivity index (χ0) is 18.0. The van der Waals surface area contributed by atoms with Crippen LogP contribution in [-0.4, -0.2) is 57.7 Å². The Hall–Kier alpha value is -1.31. The summed E-state index contributed by atoms with van der Waals surface area (Å²) in [5, 5.41) is 6.92. The van der Waals surface area contributed by atoms with E-state index in [2.05, 4.69) is 15.6 Å². The molecule has 0 aliphatic rings. The molecule has 1 rings (SSSR count). The van der Waals surface area contributed by atoms with Gasteiger partial charge in [0.25, 0.3) is 0 Å². The second-order valence-electron chi connectivity index (χ2n) is 5.21. The second-order valence-corrected chi connectivity index (χ2v) is 7.73. The molecule has 24 heavy (non-hydrogen) atoms. The molecule has 0 spiro atoms. The summed E-state index contributed by atoms with van der Waals surface area (Å²) >= 11 is 5.96. The molecule has 2 N–H and O–H groups in total. The van der Waals surface area contributed by atoms with Crippen LogP contribution in [0.25, 0.3) is 0 Å². The minimum Gasteiger partial charge on any atom is -0.356 e. The molecular weight excluding hydrogens is 348 g/mol. The zero-order valence-corrected chi connectivity index (χ0v) is 16.1. The van der Waals surface area contributed by atoms with Crippen molar-refractivity contribution in [3.05, 3.63) is 34.9 Å².